The highest BCUT2D eigenvalue weighted by molar-refractivity contribution is 5.94. The molecule has 2 aromatic rings. The van der Waals surface area contributed by atoms with Gasteiger partial charge in [-0.25, -0.2) is 0 Å². The molecule has 0 aromatic heterocycles. The second-order valence-corrected chi connectivity index (χ2v) is 6.86. The van der Waals surface area contributed by atoms with E-state index in [-0.39, 0.29) is 17.6 Å². The van der Waals surface area contributed by atoms with Gasteiger partial charge in [0.25, 0.3) is 11.8 Å². The van der Waals surface area contributed by atoms with Crippen LogP contribution in [-0.4, -0.2) is 24.5 Å². The molecule has 1 saturated carbocycles. The highest BCUT2D eigenvalue weighted by atomic mass is 19.4. The lowest BCUT2D eigenvalue weighted by molar-refractivity contribution is -0.137. The Bertz CT molecular complexity index is 860. The molecule has 0 bridgehead atoms. The van der Waals surface area contributed by atoms with E-state index in [4.69, 9.17) is 4.74 Å². The van der Waals surface area contributed by atoms with Gasteiger partial charge in [0, 0.05) is 11.6 Å². The Hall–Kier alpha value is -3.03. The van der Waals surface area contributed by atoms with Gasteiger partial charge in [-0.2, -0.15) is 13.2 Å². The lowest BCUT2D eigenvalue weighted by Crippen LogP contribution is -2.32. The van der Waals surface area contributed by atoms with Crippen molar-refractivity contribution in [1.29, 1.82) is 0 Å². The molecule has 29 heavy (non-hydrogen) atoms. The number of para-hydroxylation sites is 1. The summed E-state index contributed by atoms with van der Waals surface area (Å²) in [4.78, 5) is 24.2. The summed E-state index contributed by atoms with van der Waals surface area (Å²) in [7, 11) is 0. The number of halogens is 3. The van der Waals surface area contributed by atoms with E-state index in [9.17, 15) is 22.8 Å². The smallest absolute Gasteiger partial charge is 0.418 e. The Morgan fingerprint density at radius 1 is 1.00 bits per heavy atom. The molecule has 1 fully saturated rings. The number of rotatable bonds is 6. The first-order chi connectivity index (χ1) is 13.8. The fourth-order valence-corrected chi connectivity index (χ4v) is 3.22. The number of benzene rings is 2. The minimum atomic E-state index is -4.57. The molecule has 0 atom stereocenters. The van der Waals surface area contributed by atoms with Crippen LogP contribution < -0.4 is 15.4 Å². The van der Waals surface area contributed by atoms with Crippen LogP contribution in [0.2, 0.25) is 0 Å². The van der Waals surface area contributed by atoms with Gasteiger partial charge in [0.2, 0.25) is 0 Å². The minimum Gasteiger partial charge on any atom is -0.484 e. The number of hydrogen-bond donors (Lipinski definition) is 2. The van der Waals surface area contributed by atoms with Gasteiger partial charge >= 0.3 is 6.18 Å². The highest BCUT2D eigenvalue weighted by Crippen LogP contribution is 2.34. The molecule has 1 aliphatic carbocycles. The van der Waals surface area contributed by atoms with Gasteiger partial charge in [-0.15, -0.1) is 0 Å². The lowest BCUT2D eigenvalue weighted by Gasteiger charge is -2.14. The maximum absolute atomic E-state index is 13.0. The zero-order chi connectivity index (χ0) is 20.9. The van der Waals surface area contributed by atoms with Crippen LogP contribution in [0.25, 0.3) is 0 Å². The average Bonchev–Trinajstić information content (AvgIpc) is 3.19. The van der Waals surface area contributed by atoms with Crippen LogP contribution in [0.1, 0.15) is 41.6 Å². The summed E-state index contributed by atoms with van der Waals surface area (Å²) in [5.74, 6) is -0.545. The van der Waals surface area contributed by atoms with Crippen LogP contribution in [0.3, 0.4) is 0 Å². The predicted octanol–water partition coefficient (Wildman–Crippen LogP) is 4.40. The zero-order valence-electron chi connectivity index (χ0n) is 15.6. The van der Waals surface area contributed by atoms with Crippen LogP contribution in [-0.2, 0) is 11.0 Å². The van der Waals surface area contributed by atoms with Gasteiger partial charge in [-0.05, 0) is 49.2 Å². The van der Waals surface area contributed by atoms with Crippen molar-refractivity contribution < 1.29 is 27.5 Å². The molecule has 3 rings (SSSR count). The Kier molecular flexibility index (Phi) is 6.41. The first kappa shape index (κ1) is 20.7. The Balaban J connectivity index is 1.52. The molecular formula is C21H21F3N2O3. The third kappa shape index (κ3) is 5.73. The van der Waals surface area contributed by atoms with E-state index < -0.39 is 24.3 Å². The Labute approximate surface area is 166 Å². The molecule has 1 aliphatic rings. The molecule has 0 saturated heterocycles. The highest BCUT2D eigenvalue weighted by Gasteiger charge is 2.33. The molecule has 8 heteroatoms. The number of hydrogen-bond acceptors (Lipinski definition) is 3. The van der Waals surface area contributed by atoms with E-state index in [2.05, 4.69) is 10.6 Å². The molecular weight excluding hydrogens is 385 g/mol. The van der Waals surface area contributed by atoms with Crippen LogP contribution in [0.4, 0.5) is 18.9 Å². The molecule has 5 nitrogen and oxygen atoms in total. The summed E-state index contributed by atoms with van der Waals surface area (Å²) >= 11 is 0. The van der Waals surface area contributed by atoms with E-state index in [0.29, 0.717) is 11.3 Å². The lowest BCUT2D eigenvalue weighted by atomic mass is 10.1. The largest absolute Gasteiger partial charge is 0.484 e. The standard InChI is InChI=1S/C21H21F3N2O3/c22-21(23,24)17-7-3-4-8-18(17)26-19(27)13-29-16-11-9-14(10-12-16)20(28)25-15-5-1-2-6-15/h3-4,7-12,15H,1-2,5-6,13H2,(H,25,28)(H,26,27). The first-order valence-electron chi connectivity index (χ1n) is 9.33. The van der Waals surface area contributed by atoms with E-state index in [1.54, 1.807) is 24.3 Å². The van der Waals surface area contributed by atoms with Crippen molar-refractivity contribution in [1.82, 2.24) is 5.32 Å². The molecule has 0 radical (unpaired) electrons. The zero-order valence-corrected chi connectivity index (χ0v) is 15.6. The molecule has 154 valence electrons. The molecule has 2 amide bonds. The van der Waals surface area contributed by atoms with Crippen molar-refractivity contribution in [3.05, 3.63) is 59.7 Å². The Morgan fingerprint density at radius 2 is 1.66 bits per heavy atom. The minimum absolute atomic E-state index is 0.162. The van der Waals surface area contributed by atoms with Crippen molar-refractivity contribution in [2.75, 3.05) is 11.9 Å². The van der Waals surface area contributed by atoms with Gasteiger partial charge in [0.1, 0.15) is 5.75 Å². The van der Waals surface area contributed by atoms with Crippen LogP contribution in [0.15, 0.2) is 48.5 Å². The third-order valence-electron chi connectivity index (χ3n) is 4.68. The van der Waals surface area contributed by atoms with Crippen molar-refractivity contribution in [2.24, 2.45) is 0 Å². The third-order valence-corrected chi connectivity index (χ3v) is 4.68. The number of nitrogens with one attached hydrogen (secondary N) is 2. The second-order valence-electron chi connectivity index (χ2n) is 6.86. The normalized spacial score (nSPS) is 14.4. The Morgan fingerprint density at radius 3 is 2.31 bits per heavy atom. The van der Waals surface area contributed by atoms with E-state index in [1.165, 1.54) is 18.2 Å². The summed E-state index contributed by atoms with van der Waals surface area (Å²) in [6, 6.07) is 11.2. The fourth-order valence-electron chi connectivity index (χ4n) is 3.22. The van der Waals surface area contributed by atoms with Crippen LogP contribution >= 0.6 is 0 Å². The quantitative estimate of drug-likeness (QED) is 0.748. The predicted molar refractivity (Wildman–Crippen MR) is 102 cm³/mol. The molecule has 2 N–H and O–H groups in total. The monoisotopic (exact) mass is 406 g/mol. The second kappa shape index (κ2) is 8.98. The van der Waals surface area contributed by atoms with E-state index in [1.807, 2.05) is 0 Å². The topological polar surface area (TPSA) is 67.4 Å². The number of ether oxygens (including phenoxy) is 1. The average molecular weight is 406 g/mol. The van der Waals surface area contributed by atoms with Crippen molar-refractivity contribution >= 4 is 17.5 Å². The molecule has 0 heterocycles. The van der Waals surface area contributed by atoms with Gasteiger partial charge in [0.05, 0.1) is 11.3 Å². The molecule has 0 aliphatic heterocycles. The van der Waals surface area contributed by atoms with Crippen LogP contribution in [0.5, 0.6) is 5.75 Å². The summed E-state index contributed by atoms with van der Waals surface area (Å²) in [6.45, 7) is -0.459. The van der Waals surface area contributed by atoms with Gasteiger partial charge in [0.15, 0.2) is 6.61 Å². The summed E-state index contributed by atoms with van der Waals surface area (Å²) in [5.41, 5.74) is -0.772. The number of carbonyl (C=O) groups excluding carboxylic acids is 2. The van der Waals surface area contributed by atoms with Gasteiger partial charge in [-0.1, -0.05) is 25.0 Å². The first-order valence-corrected chi connectivity index (χ1v) is 9.33. The fraction of sp³-hybridized carbons (Fsp3) is 0.333. The maximum Gasteiger partial charge on any atom is 0.418 e. The van der Waals surface area contributed by atoms with Gasteiger partial charge in [-0.3, -0.25) is 9.59 Å². The number of alkyl halides is 3. The van der Waals surface area contributed by atoms with Gasteiger partial charge < -0.3 is 15.4 Å². The number of amides is 2. The molecule has 0 spiro atoms. The van der Waals surface area contributed by atoms with Crippen molar-refractivity contribution in [3.63, 3.8) is 0 Å². The number of anilines is 1. The van der Waals surface area contributed by atoms with Crippen LogP contribution in [0, 0.1) is 0 Å². The van der Waals surface area contributed by atoms with Crippen molar-refractivity contribution in [3.8, 4) is 5.75 Å². The van der Waals surface area contributed by atoms with E-state index in [0.717, 1.165) is 31.7 Å². The molecule has 0 unspecified atom stereocenters. The summed E-state index contributed by atoms with van der Waals surface area (Å²) < 4.78 is 44.2. The van der Waals surface area contributed by atoms with E-state index >= 15 is 0 Å². The van der Waals surface area contributed by atoms with Crippen molar-refractivity contribution in [2.45, 2.75) is 37.9 Å². The SMILES string of the molecule is O=C(COc1ccc(C(=O)NC2CCCC2)cc1)Nc1ccccc1C(F)(F)F. The summed E-state index contributed by atoms with van der Waals surface area (Å²) in [6.07, 6.45) is -0.362. The maximum atomic E-state index is 13.0. The number of carbonyl (C=O) groups is 2. The summed E-state index contributed by atoms with van der Waals surface area (Å²) in [5, 5.41) is 5.18. The molecule has 2 aromatic carbocycles.